The quantitative estimate of drug-likeness (QED) is 0.819. The molecule has 0 bridgehead atoms. The van der Waals surface area contributed by atoms with Crippen LogP contribution in [0.2, 0.25) is 0 Å². The van der Waals surface area contributed by atoms with Crippen molar-refractivity contribution in [1.82, 2.24) is 4.90 Å². The third kappa shape index (κ3) is 3.22. The highest BCUT2D eigenvalue weighted by molar-refractivity contribution is 5.95. The van der Waals surface area contributed by atoms with Crippen LogP contribution in [0.25, 0.3) is 0 Å². The van der Waals surface area contributed by atoms with E-state index in [1.807, 2.05) is 13.8 Å². The summed E-state index contributed by atoms with van der Waals surface area (Å²) in [6.07, 6.45) is 1.71. The van der Waals surface area contributed by atoms with Gasteiger partial charge in [0.05, 0.1) is 5.56 Å². The second-order valence-corrected chi connectivity index (χ2v) is 4.49. The van der Waals surface area contributed by atoms with Crippen molar-refractivity contribution in [3.63, 3.8) is 0 Å². The first-order valence-corrected chi connectivity index (χ1v) is 6.36. The van der Waals surface area contributed by atoms with Crippen LogP contribution in [-0.2, 0) is 0 Å². The Morgan fingerprint density at radius 3 is 2.33 bits per heavy atom. The molecule has 0 aliphatic carbocycles. The summed E-state index contributed by atoms with van der Waals surface area (Å²) in [5.41, 5.74) is 6.59. The van der Waals surface area contributed by atoms with Crippen LogP contribution >= 0.6 is 0 Å². The highest BCUT2D eigenvalue weighted by atomic mass is 19.1. The summed E-state index contributed by atoms with van der Waals surface area (Å²) in [6, 6.07) is 2.96. The summed E-state index contributed by atoms with van der Waals surface area (Å²) in [5.74, 6) is -0.738. The van der Waals surface area contributed by atoms with Gasteiger partial charge in [-0.05, 0) is 37.5 Å². The van der Waals surface area contributed by atoms with E-state index >= 15 is 0 Å². The molecule has 0 aliphatic heterocycles. The zero-order valence-electron chi connectivity index (χ0n) is 11.3. The largest absolute Gasteiger partial charge is 0.399 e. The number of nitrogens with two attached hydrogens (primary N) is 1. The first kappa shape index (κ1) is 14.5. The van der Waals surface area contributed by atoms with Crippen molar-refractivity contribution in [3.8, 4) is 0 Å². The second-order valence-electron chi connectivity index (χ2n) is 4.49. The molecule has 0 aliphatic rings. The smallest absolute Gasteiger partial charge is 0.256 e. The third-order valence-electron chi connectivity index (χ3n) is 2.78. The predicted molar refractivity (Wildman–Crippen MR) is 72.0 cm³/mol. The maximum absolute atomic E-state index is 14.0. The van der Waals surface area contributed by atoms with Gasteiger partial charge in [0.2, 0.25) is 0 Å². The molecule has 0 atom stereocenters. The lowest BCUT2D eigenvalue weighted by molar-refractivity contribution is 0.0750. The molecule has 0 heterocycles. The van der Waals surface area contributed by atoms with Gasteiger partial charge in [-0.1, -0.05) is 13.8 Å². The maximum atomic E-state index is 14.0. The first-order chi connectivity index (χ1) is 8.51. The zero-order chi connectivity index (χ0) is 13.7. The number of nitrogen functional groups attached to an aromatic ring is 1. The summed E-state index contributed by atoms with van der Waals surface area (Å²) in [4.78, 5) is 14.0. The van der Waals surface area contributed by atoms with E-state index in [-0.39, 0.29) is 11.5 Å². The van der Waals surface area contributed by atoms with Crippen molar-refractivity contribution in [2.75, 3.05) is 18.8 Å². The first-order valence-electron chi connectivity index (χ1n) is 6.36. The SMILES string of the molecule is CCCN(CCC)C(=O)c1cc(N)cc(C)c1F. The van der Waals surface area contributed by atoms with Crippen LogP contribution in [0, 0.1) is 12.7 Å². The van der Waals surface area contributed by atoms with Gasteiger partial charge in [0, 0.05) is 18.8 Å². The number of amides is 1. The van der Waals surface area contributed by atoms with Crippen LogP contribution in [0.15, 0.2) is 12.1 Å². The van der Waals surface area contributed by atoms with Crippen molar-refractivity contribution >= 4 is 11.6 Å². The fourth-order valence-electron chi connectivity index (χ4n) is 1.98. The molecule has 1 amide bonds. The van der Waals surface area contributed by atoms with Crippen molar-refractivity contribution < 1.29 is 9.18 Å². The molecule has 0 saturated heterocycles. The van der Waals surface area contributed by atoms with Crippen LogP contribution in [-0.4, -0.2) is 23.9 Å². The molecule has 0 spiro atoms. The molecule has 1 rings (SSSR count). The number of anilines is 1. The molecule has 0 radical (unpaired) electrons. The normalized spacial score (nSPS) is 10.4. The molecule has 100 valence electrons. The van der Waals surface area contributed by atoms with E-state index in [9.17, 15) is 9.18 Å². The molecule has 1 aromatic carbocycles. The average Bonchev–Trinajstić information content (AvgIpc) is 2.32. The Balaban J connectivity index is 3.07. The summed E-state index contributed by atoms with van der Waals surface area (Å²) < 4.78 is 14.0. The molecular weight excluding hydrogens is 231 g/mol. The van der Waals surface area contributed by atoms with Crippen molar-refractivity contribution in [2.24, 2.45) is 0 Å². The van der Waals surface area contributed by atoms with Gasteiger partial charge < -0.3 is 10.6 Å². The van der Waals surface area contributed by atoms with E-state index in [4.69, 9.17) is 5.73 Å². The molecule has 0 unspecified atom stereocenters. The summed E-state index contributed by atoms with van der Waals surface area (Å²) >= 11 is 0. The standard InChI is InChI=1S/C14H21FN2O/c1-4-6-17(7-5-2)14(18)12-9-11(16)8-10(3)13(12)15/h8-9H,4-7,16H2,1-3H3. The molecule has 3 nitrogen and oxygen atoms in total. The number of aryl methyl sites for hydroxylation is 1. The van der Waals surface area contributed by atoms with E-state index in [1.165, 1.54) is 12.1 Å². The number of hydrogen-bond acceptors (Lipinski definition) is 2. The molecule has 0 fully saturated rings. The zero-order valence-corrected chi connectivity index (χ0v) is 11.3. The van der Waals surface area contributed by atoms with Gasteiger partial charge in [0.25, 0.3) is 5.91 Å². The minimum Gasteiger partial charge on any atom is -0.399 e. The van der Waals surface area contributed by atoms with Crippen molar-refractivity contribution in [2.45, 2.75) is 33.6 Å². The molecule has 1 aromatic rings. The van der Waals surface area contributed by atoms with Crippen LogP contribution in [0.3, 0.4) is 0 Å². The molecular formula is C14H21FN2O. The van der Waals surface area contributed by atoms with Gasteiger partial charge >= 0.3 is 0 Å². The Morgan fingerprint density at radius 2 is 1.83 bits per heavy atom. The van der Waals surface area contributed by atoms with Gasteiger partial charge in [-0.25, -0.2) is 4.39 Å². The number of nitrogens with zero attached hydrogens (tertiary/aromatic N) is 1. The number of benzene rings is 1. The summed E-state index contributed by atoms with van der Waals surface area (Å²) in [7, 11) is 0. The molecule has 18 heavy (non-hydrogen) atoms. The Kier molecular flexibility index (Phi) is 5.13. The number of halogens is 1. The Hall–Kier alpha value is -1.58. The number of carbonyl (C=O) groups is 1. The number of hydrogen-bond donors (Lipinski definition) is 1. The van der Waals surface area contributed by atoms with Crippen LogP contribution in [0.5, 0.6) is 0 Å². The Bertz CT molecular complexity index is 426. The molecule has 4 heteroatoms. The van der Waals surface area contributed by atoms with Crippen LogP contribution in [0.1, 0.15) is 42.6 Å². The van der Waals surface area contributed by atoms with Gasteiger partial charge in [0.15, 0.2) is 0 Å². The molecule has 0 saturated carbocycles. The van der Waals surface area contributed by atoms with Gasteiger partial charge in [-0.15, -0.1) is 0 Å². The van der Waals surface area contributed by atoms with E-state index in [1.54, 1.807) is 11.8 Å². The fraction of sp³-hybridized carbons (Fsp3) is 0.500. The summed E-state index contributed by atoms with van der Waals surface area (Å²) in [5, 5.41) is 0. The topological polar surface area (TPSA) is 46.3 Å². The number of rotatable bonds is 5. The van der Waals surface area contributed by atoms with Crippen molar-refractivity contribution in [1.29, 1.82) is 0 Å². The van der Waals surface area contributed by atoms with E-state index in [0.717, 1.165) is 12.8 Å². The van der Waals surface area contributed by atoms with Crippen LogP contribution < -0.4 is 5.73 Å². The Morgan fingerprint density at radius 1 is 1.28 bits per heavy atom. The average molecular weight is 252 g/mol. The molecule has 0 aromatic heterocycles. The fourth-order valence-corrected chi connectivity index (χ4v) is 1.98. The highest BCUT2D eigenvalue weighted by Gasteiger charge is 2.19. The van der Waals surface area contributed by atoms with E-state index in [2.05, 4.69) is 0 Å². The minimum atomic E-state index is -0.466. The minimum absolute atomic E-state index is 0.0781. The summed E-state index contributed by atoms with van der Waals surface area (Å²) in [6.45, 7) is 6.89. The third-order valence-corrected chi connectivity index (χ3v) is 2.78. The van der Waals surface area contributed by atoms with Crippen LogP contribution in [0.4, 0.5) is 10.1 Å². The lowest BCUT2D eigenvalue weighted by Crippen LogP contribution is -2.33. The van der Waals surface area contributed by atoms with E-state index < -0.39 is 5.82 Å². The lowest BCUT2D eigenvalue weighted by Gasteiger charge is -2.22. The monoisotopic (exact) mass is 252 g/mol. The second kappa shape index (κ2) is 6.38. The van der Waals surface area contributed by atoms with Gasteiger partial charge in [-0.3, -0.25) is 4.79 Å². The predicted octanol–water partition coefficient (Wildman–Crippen LogP) is 2.98. The molecule has 2 N–H and O–H groups in total. The van der Waals surface area contributed by atoms with Crippen molar-refractivity contribution in [3.05, 3.63) is 29.1 Å². The Labute approximate surface area is 108 Å². The highest BCUT2D eigenvalue weighted by Crippen LogP contribution is 2.19. The maximum Gasteiger partial charge on any atom is 0.256 e. The van der Waals surface area contributed by atoms with Gasteiger partial charge in [-0.2, -0.15) is 0 Å². The van der Waals surface area contributed by atoms with E-state index in [0.29, 0.717) is 24.3 Å². The lowest BCUT2D eigenvalue weighted by atomic mass is 10.1. The number of carbonyl (C=O) groups excluding carboxylic acids is 1. The van der Waals surface area contributed by atoms with Gasteiger partial charge in [0.1, 0.15) is 5.82 Å².